The summed E-state index contributed by atoms with van der Waals surface area (Å²) in [5.41, 5.74) is 3.28. The number of nitrogens with zero attached hydrogens (tertiary/aromatic N) is 3. The number of aromatic nitrogens is 2. The van der Waals surface area contributed by atoms with Crippen LogP contribution in [0.1, 0.15) is 23.3 Å². The van der Waals surface area contributed by atoms with Gasteiger partial charge in [-0.2, -0.15) is 5.10 Å². The number of hydrogen-bond acceptors (Lipinski definition) is 3. The summed E-state index contributed by atoms with van der Waals surface area (Å²) < 4.78 is 7.18. The van der Waals surface area contributed by atoms with Gasteiger partial charge in [-0.15, -0.1) is 0 Å². The number of benzene rings is 2. The zero-order valence-corrected chi connectivity index (χ0v) is 15.4. The van der Waals surface area contributed by atoms with Crippen molar-refractivity contribution in [1.29, 1.82) is 0 Å². The average molecular weight is 361 g/mol. The molecule has 5 heteroatoms. The maximum atomic E-state index is 13.3. The van der Waals surface area contributed by atoms with Crippen molar-refractivity contribution in [1.82, 2.24) is 14.7 Å². The van der Waals surface area contributed by atoms with E-state index in [1.54, 1.807) is 11.8 Å². The van der Waals surface area contributed by atoms with Crippen LogP contribution in [0.25, 0.3) is 16.9 Å². The fraction of sp³-hybridized carbons (Fsp3) is 0.273. The van der Waals surface area contributed by atoms with E-state index < -0.39 is 0 Å². The average Bonchev–Trinajstić information content (AvgIpc) is 3.20. The molecule has 1 aliphatic heterocycles. The van der Waals surface area contributed by atoms with Crippen LogP contribution in [-0.2, 0) is 4.74 Å². The highest BCUT2D eigenvalue weighted by atomic mass is 16.5. The van der Waals surface area contributed by atoms with Crippen molar-refractivity contribution in [3.63, 3.8) is 0 Å². The molecule has 0 unspecified atom stereocenters. The number of ether oxygens (including phenoxy) is 1. The maximum Gasteiger partial charge on any atom is 0.272 e. The normalized spacial score (nSPS) is 15.1. The number of amides is 1. The number of carbonyl (C=O) groups excluding carboxylic acids is 1. The highest BCUT2D eigenvalue weighted by molar-refractivity contribution is 5.94. The molecule has 2 heterocycles. The molecule has 0 radical (unpaired) electrons. The van der Waals surface area contributed by atoms with Crippen LogP contribution in [0.2, 0.25) is 0 Å². The summed E-state index contributed by atoms with van der Waals surface area (Å²) >= 11 is 0. The fourth-order valence-corrected chi connectivity index (χ4v) is 3.51. The number of likely N-dealkylation sites (tertiary alicyclic amines) is 1. The van der Waals surface area contributed by atoms with Crippen LogP contribution in [0.3, 0.4) is 0 Å². The molecule has 1 amide bonds. The van der Waals surface area contributed by atoms with Crippen LogP contribution in [0.4, 0.5) is 0 Å². The van der Waals surface area contributed by atoms with Crippen molar-refractivity contribution < 1.29 is 9.53 Å². The Morgan fingerprint density at radius 3 is 2.26 bits per heavy atom. The van der Waals surface area contributed by atoms with Crippen molar-refractivity contribution in [2.45, 2.75) is 18.9 Å². The number of rotatable bonds is 4. The molecule has 1 aliphatic rings. The van der Waals surface area contributed by atoms with Gasteiger partial charge >= 0.3 is 0 Å². The van der Waals surface area contributed by atoms with E-state index in [1.807, 2.05) is 71.6 Å². The standard InChI is InChI=1S/C22H23N3O2/c1-27-19-12-14-24(15-13-19)22(26)21-16-20(17-8-4-2-5-9-17)23-25(21)18-10-6-3-7-11-18/h2-11,16,19H,12-15H2,1H3. The van der Waals surface area contributed by atoms with Gasteiger partial charge in [0, 0.05) is 25.8 Å². The van der Waals surface area contributed by atoms with Crippen LogP contribution >= 0.6 is 0 Å². The third-order valence-electron chi connectivity index (χ3n) is 5.06. The van der Waals surface area contributed by atoms with E-state index >= 15 is 0 Å². The molecule has 3 aromatic rings. The van der Waals surface area contributed by atoms with Gasteiger partial charge in [0.25, 0.3) is 5.91 Å². The van der Waals surface area contributed by atoms with Crippen LogP contribution in [0.15, 0.2) is 66.7 Å². The minimum atomic E-state index is 0.0167. The predicted molar refractivity (Wildman–Crippen MR) is 105 cm³/mol. The first-order valence-electron chi connectivity index (χ1n) is 9.29. The van der Waals surface area contributed by atoms with E-state index in [9.17, 15) is 4.79 Å². The number of piperidine rings is 1. The van der Waals surface area contributed by atoms with Gasteiger partial charge in [0.05, 0.1) is 17.5 Å². The Morgan fingerprint density at radius 1 is 1.00 bits per heavy atom. The molecule has 0 spiro atoms. The topological polar surface area (TPSA) is 47.4 Å². The SMILES string of the molecule is COC1CCN(C(=O)c2cc(-c3ccccc3)nn2-c2ccccc2)CC1. The number of carbonyl (C=O) groups is 1. The number of hydrogen-bond donors (Lipinski definition) is 0. The largest absolute Gasteiger partial charge is 0.381 e. The van der Waals surface area contributed by atoms with Crippen molar-refractivity contribution in [3.05, 3.63) is 72.4 Å². The second kappa shape index (κ2) is 7.76. The van der Waals surface area contributed by atoms with Gasteiger partial charge in [-0.3, -0.25) is 4.79 Å². The lowest BCUT2D eigenvalue weighted by atomic mass is 10.1. The zero-order valence-electron chi connectivity index (χ0n) is 15.4. The molecule has 4 rings (SSSR count). The molecular weight excluding hydrogens is 338 g/mol. The van der Waals surface area contributed by atoms with Crippen molar-refractivity contribution in [2.24, 2.45) is 0 Å². The van der Waals surface area contributed by atoms with Gasteiger partial charge in [-0.05, 0) is 31.0 Å². The van der Waals surface area contributed by atoms with E-state index in [4.69, 9.17) is 9.84 Å². The van der Waals surface area contributed by atoms with Crippen LogP contribution in [0, 0.1) is 0 Å². The molecule has 0 aliphatic carbocycles. The van der Waals surface area contributed by atoms with E-state index in [2.05, 4.69) is 0 Å². The number of para-hydroxylation sites is 1. The van der Waals surface area contributed by atoms with E-state index in [0.29, 0.717) is 18.8 Å². The van der Waals surface area contributed by atoms with Gasteiger partial charge < -0.3 is 9.64 Å². The molecular formula is C22H23N3O2. The van der Waals surface area contributed by atoms with Crippen molar-refractivity contribution in [2.75, 3.05) is 20.2 Å². The summed E-state index contributed by atoms with van der Waals surface area (Å²) in [5.74, 6) is 0.0167. The molecule has 0 atom stereocenters. The molecule has 1 saturated heterocycles. The first kappa shape index (κ1) is 17.5. The molecule has 0 N–H and O–H groups in total. The summed E-state index contributed by atoms with van der Waals surface area (Å²) in [7, 11) is 1.73. The second-order valence-corrected chi connectivity index (χ2v) is 6.76. The minimum absolute atomic E-state index is 0.0167. The Bertz CT molecular complexity index is 898. The lowest BCUT2D eigenvalue weighted by molar-refractivity contribution is 0.0346. The van der Waals surface area contributed by atoms with Crippen molar-refractivity contribution in [3.8, 4) is 16.9 Å². The summed E-state index contributed by atoms with van der Waals surface area (Å²) in [6.07, 6.45) is 1.98. The van der Waals surface area contributed by atoms with Gasteiger partial charge in [0.2, 0.25) is 0 Å². The highest BCUT2D eigenvalue weighted by Gasteiger charge is 2.27. The van der Waals surface area contributed by atoms with Gasteiger partial charge in [-0.1, -0.05) is 48.5 Å². The van der Waals surface area contributed by atoms with Gasteiger partial charge in [0.1, 0.15) is 5.69 Å². The lowest BCUT2D eigenvalue weighted by Crippen LogP contribution is -2.41. The monoisotopic (exact) mass is 361 g/mol. The molecule has 1 aromatic heterocycles. The summed E-state index contributed by atoms with van der Waals surface area (Å²) in [4.78, 5) is 15.2. The predicted octanol–water partition coefficient (Wildman–Crippen LogP) is 3.79. The Kier molecular flexibility index (Phi) is 5.03. The number of methoxy groups -OCH3 is 1. The summed E-state index contributed by atoms with van der Waals surface area (Å²) in [6, 6.07) is 21.7. The molecule has 1 fully saturated rings. The summed E-state index contributed by atoms with van der Waals surface area (Å²) in [5, 5.41) is 4.74. The Balaban J connectivity index is 1.70. The van der Waals surface area contributed by atoms with E-state index in [0.717, 1.165) is 29.8 Å². The van der Waals surface area contributed by atoms with Crippen LogP contribution in [-0.4, -0.2) is 46.9 Å². The smallest absolute Gasteiger partial charge is 0.272 e. The Hall–Kier alpha value is -2.92. The molecule has 2 aromatic carbocycles. The van der Waals surface area contributed by atoms with Gasteiger partial charge in [0.15, 0.2) is 0 Å². The third kappa shape index (κ3) is 3.64. The molecule has 5 nitrogen and oxygen atoms in total. The first-order valence-corrected chi connectivity index (χ1v) is 9.29. The fourth-order valence-electron chi connectivity index (χ4n) is 3.51. The lowest BCUT2D eigenvalue weighted by Gasteiger charge is -2.31. The minimum Gasteiger partial charge on any atom is -0.381 e. The quantitative estimate of drug-likeness (QED) is 0.710. The van der Waals surface area contributed by atoms with E-state index in [1.165, 1.54) is 0 Å². The second-order valence-electron chi connectivity index (χ2n) is 6.76. The Labute approximate surface area is 159 Å². The zero-order chi connectivity index (χ0) is 18.6. The Morgan fingerprint density at radius 2 is 1.63 bits per heavy atom. The molecule has 0 bridgehead atoms. The van der Waals surface area contributed by atoms with Gasteiger partial charge in [-0.25, -0.2) is 4.68 Å². The molecule has 138 valence electrons. The third-order valence-corrected chi connectivity index (χ3v) is 5.06. The highest BCUT2D eigenvalue weighted by Crippen LogP contribution is 2.24. The van der Waals surface area contributed by atoms with E-state index in [-0.39, 0.29) is 12.0 Å². The first-order chi connectivity index (χ1) is 13.3. The van der Waals surface area contributed by atoms with Crippen LogP contribution in [0.5, 0.6) is 0 Å². The summed E-state index contributed by atoms with van der Waals surface area (Å²) in [6.45, 7) is 1.41. The maximum absolute atomic E-state index is 13.3. The molecule has 27 heavy (non-hydrogen) atoms. The molecule has 0 saturated carbocycles. The van der Waals surface area contributed by atoms with Crippen molar-refractivity contribution >= 4 is 5.91 Å². The van der Waals surface area contributed by atoms with Crippen LogP contribution < -0.4 is 0 Å².